The van der Waals surface area contributed by atoms with Gasteiger partial charge in [-0.05, 0) is 36.8 Å². The molecule has 0 amide bonds. The molecule has 3 rings (SSSR count). The minimum Gasteiger partial charge on any atom is -0.493 e. The Morgan fingerprint density at radius 3 is 2.50 bits per heavy atom. The molecule has 0 fully saturated rings. The molecule has 1 heterocycles. The van der Waals surface area contributed by atoms with Gasteiger partial charge >= 0.3 is 0 Å². The van der Waals surface area contributed by atoms with Crippen molar-refractivity contribution in [3.05, 3.63) is 53.4 Å². The van der Waals surface area contributed by atoms with E-state index in [1.54, 1.807) is 6.92 Å². The summed E-state index contributed by atoms with van der Waals surface area (Å²) in [7, 11) is 0. The fourth-order valence-corrected chi connectivity index (χ4v) is 2.48. The van der Waals surface area contributed by atoms with E-state index in [-0.39, 0.29) is 0 Å². The second kappa shape index (κ2) is 6.20. The van der Waals surface area contributed by atoms with Gasteiger partial charge in [0.05, 0.1) is 6.61 Å². The molecule has 3 aromatic rings. The molecule has 0 saturated carbocycles. The van der Waals surface area contributed by atoms with E-state index in [0.29, 0.717) is 23.4 Å². The lowest BCUT2D eigenvalue weighted by molar-refractivity contribution is 0.341. The molecule has 0 aliphatic rings. The fourth-order valence-electron chi connectivity index (χ4n) is 2.30. The number of hydrogen-bond donors (Lipinski definition) is 0. The first-order chi connectivity index (χ1) is 10.7. The molecular weight excluding hydrogens is 300 g/mol. The van der Waals surface area contributed by atoms with Gasteiger partial charge in [0.2, 0.25) is 11.8 Å². The Kier molecular flexibility index (Phi) is 4.11. The molecular formula is C17H15ClN2O2. The van der Waals surface area contributed by atoms with Gasteiger partial charge in [0.15, 0.2) is 0 Å². The third-order valence-corrected chi connectivity index (χ3v) is 3.45. The van der Waals surface area contributed by atoms with E-state index in [1.807, 2.05) is 49.4 Å². The quantitative estimate of drug-likeness (QED) is 0.696. The van der Waals surface area contributed by atoms with Crippen LogP contribution in [0.15, 0.2) is 46.9 Å². The van der Waals surface area contributed by atoms with Crippen LogP contribution in [0.4, 0.5) is 0 Å². The number of aromatic nitrogens is 2. The van der Waals surface area contributed by atoms with Gasteiger partial charge in [-0.25, -0.2) is 0 Å². The van der Waals surface area contributed by atoms with Crippen LogP contribution in [-0.4, -0.2) is 16.8 Å². The number of hydrogen-bond acceptors (Lipinski definition) is 4. The number of aryl methyl sites for hydroxylation is 1. The van der Waals surface area contributed by atoms with Crippen LogP contribution >= 0.6 is 11.6 Å². The predicted molar refractivity (Wildman–Crippen MR) is 86.1 cm³/mol. The summed E-state index contributed by atoms with van der Waals surface area (Å²) in [5.41, 5.74) is 2.70. The summed E-state index contributed by atoms with van der Waals surface area (Å²) in [5, 5.41) is 8.66. The van der Waals surface area contributed by atoms with Crippen molar-refractivity contribution in [2.45, 2.75) is 13.8 Å². The maximum absolute atomic E-state index is 6.16. The van der Waals surface area contributed by atoms with Crippen molar-refractivity contribution in [3.8, 4) is 28.3 Å². The maximum Gasteiger partial charge on any atom is 0.248 e. The molecule has 5 heteroatoms. The van der Waals surface area contributed by atoms with Crippen molar-refractivity contribution in [2.75, 3.05) is 6.61 Å². The van der Waals surface area contributed by atoms with Gasteiger partial charge in [-0.15, -0.1) is 10.2 Å². The van der Waals surface area contributed by atoms with Crippen LogP contribution < -0.4 is 4.74 Å². The first-order valence-electron chi connectivity index (χ1n) is 7.01. The highest BCUT2D eigenvalue weighted by molar-refractivity contribution is 6.31. The Morgan fingerprint density at radius 2 is 1.82 bits per heavy atom. The molecule has 0 aliphatic heterocycles. The minimum absolute atomic E-state index is 0.482. The molecule has 0 saturated heterocycles. The standard InChI is InChI=1S/C17H15ClN2O2/c1-3-21-16-9-8-12(18)10-15(16)13-6-4-5-7-14(13)17-20-19-11(2)22-17/h4-10H,3H2,1-2H3. The number of halogens is 1. The number of benzene rings is 2. The Hall–Kier alpha value is -2.33. The molecule has 2 aromatic carbocycles. The highest BCUT2D eigenvalue weighted by Crippen LogP contribution is 2.38. The van der Waals surface area contributed by atoms with Crippen LogP contribution in [0, 0.1) is 6.92 Å². The minimum atomic E-state index is 0.482. The van der Waals surface area contributed by atoms with Gasteiger partial charge in [-0.2, -0.15) is 0 Å². The third-order valence-electron chi connectivity index (χ3n) is 3.22. The van der Waals surface area contributed by atoms with E-state index in [2.05, 4.69) is 10.2 Å². The van der Waals surface area contributed by atoms with E-state index in [1.165, 1.54) is 0 Å². The topological polar surface area (TPSA) is 48.2 Å². The van der Waals surface area contributed by atoms with Crippen LogP contribution in [0.3, 0.4) is 0 Å². The molecule has 0 spiro atoms. The van der Waals surface area contributed by atoms with Crippen molar-refractivity contribution in [1.82, 2.24) is 10.2 Å². The molecule has 0 N–H and O–H groups in total. The number of rotatable bonds is 4. The first kappa shape index (κ1) is 14.6. The van der Waals surface area contributed by atoms with Gasteiger partial charge in [-0.3, -0.25) is 0 Å². The number of nitrogens with zero attached hydrogens (tertiary/aromatic N) is 2. The van der Waals surface area contributed by atoms with Crippen molar-refractivity contribution >= 4 is 11.6 Å². The van der Waals surface area contributed by atoms with E-state index in [9.17, 15) is 0 Å². The normalized spacial score (nSPS) is 10.7. The summed E-state index contributed by atoms with van der Waals surface area (Å²) in [6.45, 7) is 4.30. The van der Waals surface area contributed by atoms with Gasteiger partial charge < -0.3 is 9.15 Å². The van der Waals surface area contributed by atoms with Crippen molar-refractivity contribution in [1.29, 1.82) is 0 Å². The molecule has 1 aromatic heterocycles. The lowest BCUT2D eigenvalue weighted by Gasteiger charge is -2.13. The van der Waals surface area contributed by atoms with E-state index in [4.69, 9.17) is 20.8 Å². The van der Waals surface area contributed by atoms with Crippen LogP contribution in [0.25, 0.3) is 22.6 Å². The molecule has 0 atom stereocenters. The van der Waals surface area contributed by atoms with Crippen LogP contribution in [0.5, 0.6) is 5.75 Å². The highest BCUT2D eigenvalue weighted by atomic mass is 35.5. The Labute approximate surface area is 133 Å². The highest BCUT2D eigenvalue weighted by Gasteiger charge is 2.16. The van der Waals surface area contributed by atoms with Crippen molar-refractivity contribution in [2.24, 2.45) is 0 Å². The zero-order chi connectivity index (χ0) is 15.5. The van der Waals surface area contributed by atoms with Gasteiger partial charge in [0.25, 0.3) is 0 Å². The van der Waals surface area contributed by atoms with Gasteiger partial charge in [0.1, 0.15) is 5.75 Å². The monoisotopic (exact) mass is 314 g/mol. The van der Waals surface area contributed by atoms with Crippen LogP contribution in [-0.2, 0) is 0 Å². The Morgan fingerprint density at radius 1 is 1.05 bits per heavy atom. The molecule has 22 heavy (non-hydrogen) atoms. The molecule has 0 radical (unpaired) electrons. The average Bonchev–Trinajstić information content (AvgIpc) is 2.96. The molecule has 0 bridgehead atoms. The van der Waals surface area contributed by atoms with E-state index >= 15 is 0 Å². The summed E-state index contributed by atoms with van der Waals surface area (Å²) in [6.07, 6.45) is 0. The smallest absolute Gasteiger partial charge is 0.248 e. The molecule has 112 valence electrons. The van der Waals surface area contributed by atoms with Crippen LogP contribution in [0.2, 0.25) is 5.02 Å². The third kappa shape index (κ3) is 2.83. The predicted octanol–water partition coefficient (Wildman–Crippen LogP) is 4.76. The molecule has 0 unspecified atom stereocenters. The fraction of sp³-hybridized carbons (Fsp3) is 0.176. The first-order valence-corrected chi connectivity index (χ1v) is 7.39. The van der Waals surface area contributed by atoms with Crippen molar-refractivity contribution < 1.29 is 9.15 Å². The van der Waals surface area contributed by atoms with Gasteiger partial charge in [0, 0.05) is 23.1 Å². The summed E-state index contributed by atoms with van der Waals surface area (Å²) in [5.74, 6) is 1.78. The van der Waals surface area contributed by atoms with Crippen LogP contribution in [0.1, 0.15) is 12.8 Å². The lowest BCUT2D eigenvalue weighted by atomic mass is 9.99. The largest absolute Gasteiger partial charge is 0.493 e. The second-order valence-electron chi connectivity index (χ2n) is 4.75. The molecule has 0 aliphatic carbocycles. The average molecular weight is 315 g/mol. The van der Waals surface area contributed by atoms with E-state index < -0.39 is 0 Å². The SMILES string of the molecule is CCOc1ccc(Cl)cc1-c1ccccc1-c1nnc(C)o1. The maximum atomic E-state index is 6.16. The Balaban J connectivity index is 2.19. The van der Waals surface area contributed by atoms with E-state index in [0.717, 1.165) is 22.4 Å². The lowest BCUT2D eigenvalue weighted by Crippen LogP contribution is -1.95. The zero-order valence-corrected chi connectivity index (χ0v) is 13.1. The summed E-state index contributed by atoms with van der Waals surface area (Å²) in [4.78, 5) is 0. The summed E-state index contributed by atoms with van der Waals surface area (Å²) < 4.78 is 11.3. The summed E-state index contributed by atoms with van der Waals surface area (Å²) >= 11 is 6.16. The van der Waals surface area contributed by atoms with Gasteiger partial charge in [-0.1, -0.05) is 29.8 Å². The summed E-state index contributed by atoms with van der Waals surface area (Å²) in [6, 6.07) is 13.4. The second-order valence-corrected chi connectivity index (χ2v) is 5.18. The Bertz CT molecular complexity index is 799. The van der Waals surface area contributed by atoms with Crippen molar-refractivity contribution in [3.63, 3.8) is 0 Å². The zero-order valence-electron chi connectivity index (χ0n) is 12.3. The molecule has 4 nitrogen and oxygen atoms in total. The number of ether oxygens (including phenoxy) is 1.